The number of para-hydroxylation sites is 1. The number of likely N-dealkylation sites (N-methyl/N-ethyl adjacent to an activating group) is 1. The van der Waals surface area contributed by atoms with E-state index in [1.807, 2.05) is 80.6 Å². The van der Waals surface area contributed by atoms with Crippen LogP contribution in [0.5, 0.6) is 5.75 Å². The first-order valence-electron chi connectivity index (χ1n) is 26.7. The quantitative estimate of drug-likeness (QED) is 0.0201. The molecule has 22 nitrogen and oxygen atoms in total. The number of aliphatic imine (C=N–C) groups is 1. The van der Waals surface area contributed by atoms with Crippen molar-refractivity contribution in [1.29, 1.82) is 0 Å². The number of aliphatic hydroxyl groups is 1. The number of aliphatic hydroxyl groups excluding tert-OH is 1. The van der Waals surface area contributed by atoms with Crippen LogP contribution in [0.1, 0.15) is 76.5 Å². The van der Waals surface area contributed by atoms with Gasteiger partial charge in [0.2, 0.25) is 47.3 Å². The number of nitrogens with two attached hydrogens (primary N) is 2. The molecule has 0 unspecified atom stereocenters. The number of nitrogens with one attached hydrogen (secondary N) is 8. The van der Waals surface area contributed by atoms with E-state index >= 15 is 0 Å². The highest BCUT2D eigenvalue weighted by atomic mass is 16.3. The zero-order valence-corrected chi connectivity index (χ0v) is 45.1. The lowest BCUT2D eigenvalue weighted by Crippen LogP contribution is -2.61. The topological polar surface area (TPSA) is 345 Å². The molecule has 1 fully saturated rings. The minimum absolute atomic E-state index is 0.0408. The second kappa shape index (κ2) is 28.7. The summed E-state index contributed by atoms with van der Waals surface area (Å²) in [6, 6.07) is 17.6. The van der Waals surface area contributed by atoms with Crippen LogP contribution in [0.2, 0.25) is 0 Å². The lowest BCUT2D eigenvalue weighted by atomic mass is 9.99. The van der Waals surface area contributed by atoms with Gasteiger partial charge in [-0.1, -0.05) is 86.6 Å². The van der Waals surface area contributed by atoms with E-state index in [0.29, 0.717) is 36.1 Å². The van der Waals surface area contributed by atoms with Crippen molar-refractivity contribution in [3.05, 3.63) is 114 Å². The standard InChI is InChI=1S/C57H74N12O10/c1-5-60-55(78)49-17-11-25-69(49)56(79)43(16-10-24-61-57(58)59)64-50(73)44(26-33(2)3)65-53(76)47(30-39-31-62-42-15-9-8-14-41(39)42)67-52(75)46(28-35-19-22-40(72)23-20-35)66-54(77)48(32-70)68-51(74)45(63-34(4)71)29-36-18-21-37-12-6-7-13-38(37)27-36/h6-9,12-15,18-23,27,31,33,43-49,62,70,72H,5,10-11,16-17,24-26,28-30,32H2,1-4H3,(H,60,78)(H,63,71)(H,64,73)(H,65,76)(H,66,77)(H,67,75)(H,68,74)(H4,58,59,61)/t43-,44-,45+,46-,47+,48-,49-/m0/s1. The van der Waals surface area contributed by atoms with Crippen molar-refractivity contribution in [2.45, 2.75) is 121 Å². The number of likely N-dealkylation sites (tertiary alicyclic amines) is 1. The van der Waals surface area contributed by atoms with E-state index in [4.69, 9.17) is 11.5 Å². The first-order chi connectivity index (χ1) is 37.8. The fraction of sp³-hybridized carbons (Fsp3) is 0.421. The number of phenolic OH excluding ortho intramolecular Hbond substituents is 1. The summed E-state index contributed by atoms with van der Waals surface area (Å²) in [5.41, 5.74) is 13.7. The molecule has 0 spiro atoms. The predicted molar refractivity (Wildman–Crippen MR) is 299 cm³/mol. The summed E-state index contributed by atoms with van der Waals surface area (Å²) < 4.78 is 0. The molecule has 4 aromatic carbocycles. The van der Waals surface area contributed by atoms with Crippen molar-refractivity contribution >= 4 is 74.9 Å². The highest BCUT2D eigenvalue weighted by molar-refractivity contribution is 5.98. The number of benzene rings is 4. The van der Waals surface area contributed by atoms with Gasteiger partial charge in [0.1, 0.15) is 48.0 Å². The minimum Gasteiger partial charge on any atom is -0.508 e. The number of carbonyl (C=O) groups excluding carboxylic acids is 8. The molecular weight excluding hydrogens is 1010 g/mol. The highest BCUT2D eigenvalue weighted by Crippen LogP contribution is 2.23. The molecule has 22 heteroatoms. The number of amides is 8. The normalized spacial score (nSPS) is 15.4. The van der Waals surface area contributed by atoms with Crippen molar-refractivity contribution in [2.75, 3.05) is 26.2 Å². The maximum absolute atomic E-state index is 14.9. The summed E-state index contributed by atoms with van der Waals surface area (Å²) in [7, 11) is 0. The molecule has 6 rings (SSSR count). The van der Waals surface area contributed by atoms with Crippen LogP contribution in [-0.2, 0) is 57.6 Å². The van der Waals surface area contributed by atoms with Crippen molar-refractivity contribution in [2.24, 2.45) is 22.4 Å². The molecule has 422 valence electrons. The summed E-state index contributed by atoms with van der Waals surface area (Å²) in [5, 5.41) is 42.4. The van der Waals surface area contributed by atoms with E-state index < -0.39 is 90.3 Å². The van der Waals surface area contributed by atoms with Gasteiger partial charge in [0.25, 0.3) is 0 Å². The number of aromatic nitrogens is 1. The zero-order valence-electron chi connectivity index (χ0n) is 45.1. The van der Waals surface area contributed by atoms with Crippen molar-refractivity contribution in [3.63, 3.8) is 0 Å². The summed E-state index contributed by atoms with van der Waals surface area (Å²) in [5.74, 6) is -5.78. The number of hydrogen-bond acceptors (Lipinski definition) is 11. The number of H-pyrrole nitrogens is 1. The number of guanidine groups is 1. The Morgan fingerprint density at radius 1 is 0.696 bits per heavy atom. The molecule has 8 amide bonds. The number of nitrogens with zero attached hydrogens (tertiary/aromatic N) is 2. The van der Waals surface area contributed by atoms with Gasteiger partial charge in [0.05, 0.1) is 6.61 Å². The van der Waals surface area contributed by atoms with Crippen LogP contribution in [-0.4, -0.2) is 142 Å². The number of rotatable bonds is 27. The average Bonchev–Trinajstić information content (AvgIpc) is 4.08. The molecule has 0 aliphatic carbocycles. The van der Waals surface area contributed by atoms with E-state index in [-0.39, 0.29) is 75.1 Å². The van der Waals surface area contributed by atoms with Gasteiger partial charge in [-0.25, -0.2) is 0 Å². The predicted octanol–water partition coefficient (Wildman–Crippen LogP) is 1.20. The lowest BCUT2D eigenvalue weighted by molar-refractivity contribution is -0.142. The molecule has 1 aliphatic heterocycles. The third-order valence-corrected chi connectivity index (χ3v) is 13.6. The first kappa shape index (κ1) is 59.7. The van der Waals surface area contributed by atoms with Gasteiger partial charge in [0, 0.05) is 62.9 Å². The Morgan fingerprint density at radius 2 is 1.27 bits per heavy atom. The SMILES string of the molecule is CCNC(=O)[C@@H]1CCCN1C(=O)[C@H](CCCN=C(N)N)NC(=O)[C@H](CC(C)C)NC(=O)[C@@H](Cc1c[nH]c2ccccc12)NC(=O)[C@H](Cc1ccc(O)cc1)NC(=O)[C@H](CO)NC(=O)[C@@H](Cc1ccc2ccccc2c1)NC(C)=O. The number of aromatic amines is 1. The van der Waals surface area contributed by atoms with Crippen LogP contribution in [0.25, 0.3) is 21.7 Å². The van der Waals surface area contributed by atoms with Crippen molar-refractivity contribution in [1.82, 2.24) is 47.1 Å². The van der Waals surface area contributed by atoms with Gasteiger partial charge in [-0.3, -0.25) is 43.3 Å². The third-order valence-electron chi connectivity index (χ3n) is 13.6. The Hall–Kier alpha value is -8.53. The molecule has 1 saturated heterocycles. The van der Waals surface area contributed by atoms with E-state index in [9.17, 15) is 48.6 Å². The Bertz CT molecular complexity index is 2980. The van der Waals surface area contributed by atoms with Crippen LogP contribution in [0, 0.1) is 5.92 Å². The molecule has 1 aromatic heterocycles. The summed E-state index contributed by atoms with van der Waals surface area (Å²) in [4.78, 5) is 121. The Labute approximate surface area is 458 Å². The number of carbonyl (C=O) groups is 8. The van der Waals surface area contributed by atoms with Gasteiger partial charge >= 0.3 is 0 Å². The molecule has 79 heavy (non-hydrogen) atoms. The molecule has 0 saturated carbocycles. The smallest absolute Gasteiger partial charge is 0.245 e. The molecule has 2 heterocycles. The molecule has 14 N–H and O–H groups in total. The van der Waals surface area contributed by atoms with Gasteiger partial charge < -0.3 is 68.8 Å². The van der Waals surface area contributed by atoms with E-state index in [1.54, 1.807) is 13.1 Å². The summed E-state index contributed by atoms with van der Waals surface area (Å²) in [6.45, 7) is 6.61. The average molecular weight is 1090 g/mol. The second-order valence-corrected chi connectivity index (χ2v) is 20.2. The summed E-state index contributed by atoms with van der Waals surface area (Å²) >= 11 is 0. The van der Waals surface area contributed by atoms with Crippen LogP contribution in [0.3, 0.4) is 0 Å². The van der Waals surface area contributed by atoms with Gasteiger partial charge in [-0.15, -0.1) is 0 Å². The van der Waals surface area contributed by atoms with Crippen LogP contribution >= 0.6 is 0 Å². The maximum atomic E-state index is 14.9. The van der Waals surface area contributed by atoms with Crippen LogP contribution in [0.4, 0.5) is 0 Å². The first-order valence-corrected chi connectivity index (χ1v) is 26.7. The van der Waals surface area contributed by atoms with E-state index in [2.05, 4.69) is 47.2 Å². The van der Waals surface area contributed by atoms with Crippen molar-refractivity contribution in [3.8, 4) is 5.75 Å². The largest absolute Gasteiger partial charge is 0.508 e. The number of fused-ring (bicyclic) bond motifs is 2. The summed E-state index contributed by atoms with van der Waals surface area (Å²) in [6.07, 6.45) is 2.91. The van der Waals surface area contributed by atoms with Crippen molar-refractivity contribution < 1.29 is 48.6 Å². The molecule has 7 atom stereocenters. The fourth-order valence-electron chi connectivity index (χ4n) is 9.68. The fourth-order valence-corrected chi connectivity index (χ4v) is 9.68. The van der Waals surface area contributed by atoms with Gasteiger partial charge in [-0.05, 0) is 90.6 Å². The zero-order chi connectivity index (χ0) is 57.2. The van der Waals surface area contributed by atoms with Crippen LogP contribution in [0.15, 0.2) is 102 Å². The van der Waals surface area contributed by atoms with Crippen LogP contribution < -0.4 is 48.7 Å². The number of phenols is 1. The number of hydrogen-bond donors (Lipinski definition) is 12. The Morgan fingerprint density at radius 3 is 1.92 bits per heavy atom. The number of aromatic hydroxyl groups is 1. The van der Waals surface area contributed by atoms with E-state index in [1.165, 1.54) is 36.1 Å². The maximum Gasteiger partial charge on any atom is 0.245 e. The lowest BCUT2D eigenvalue weighted by Gasteiger charge is -2.30. The third kappa shape index (κ3) is 17.2. The Kier molecular flexibility index (Phi) is 21.7. The molecule has 5 aromatic rings. The molecule has 0 bridgehead atoms. The Balaban J connectivity index is 1.26. The molecular formula is C57H74N12O10. The molecule has 0 radical (unpaired) electrons. The van der Waals surface area contributed by atoms with E-state index in [0.717, 1.165) is 21.7 Å². The monoisotopic (exact) mass is 1090 g/mol. The second-order valence-electron chi connectivity index (χ2n) is 20.2. The highest BCUT2D eigenvalue weighted by Gasteiger charge is 2.39. The van der Waals surface area contributed by atoms with Gasteiger partial charge in [-0.2, -0.15) is 0 Å². The minimum atomic E-state index is -1.62. The molecule has 1 aliphatic rings. The van der Waals surface area contributed by atoms with Gasteiger partial charge in [0.15, 0.2) is 5.96 Å².